The molecule has 0 saturated carbocycles. The van der Waals surface area contributed by atoms with Crippen molar-refractivity contribution in [3.05, 3.63) is 43.2 Å². The van der Waals surface area contributed by atoms with E-state index in [0.29, 0.717) is 11.9 Å². The van der Waals surface area contributed by atoms with Gasteiger partial charge in [-0.25, -0.2) is 9.97 Å². The van der Waals surface area contributed by atoms with E-state index >= 15 is 0 Å². The molecule has 0 unspecified atom stereocenters. The van der Waals surface area contributed by atoms with Crippen LogP contribution in [0.25, 0.3) is 16.9 Å². The predicted molar refractivity (Wildman–Crippen MR) is 77.4 cm³/mol. The maximum atomic E-state index is 5.62. The Kier molecular flexibility index (Phi) is 2.98. The Bertz CT molecular complexity index is 707. The molecule has 2 N–H and O–H groups in total. The molecule has 6 heteroatoms. The zero-order chi connectivity index (χ0) is 14.1. The molecule has 3 heterocycles. The first kappa shape index (κ1) is 12.4. The summed E-state index contributed by atoms with van der Waals surface area (Å²) < 4.78 is 3.90. The summed E-state index contributed by atoms with van der Waals surface area (Å²) in [6, 6.07) is 4.04. The van der Waals surface area contributed by atoms with Crippen molar-refractivity contribution in [1.29, 1.82) is 0 Å². The molecule has 6 nitrogen and oxygen atoms in total. The second-order valence-corrected chi connectivity index (χ2v) is 4.89. The van der Waals surface area contributed by atoms with Gasteiger partial charge in [0.1, 0.15) is 5.82 Å². The van der Waals surface area contributed by atoms with Crippen LogP contribution in [0.2, 0.25) is 0 Å². The molecule has 0 bridgehead atoms. The van der Waals surface area contributed by atoms with Crippen molar-refractivity contribution in [3.8, 4) is 16.9 Å². The molecule has 0 radical (unpaired) electrons. The van der Waals surface area contributed by atoms with Gasteiger partial charge in [0, 0.05) is 24.0 Å². The molecule has 0 spiro atoms. The minimum absolute atomic E-state index is 0.328. The molecule has 0 aliphatic heterocycles. The maximum absolute atomic E-state index is 5.62. The van der Waals surface area contributed by atoms with Gasteiger partial charge in [-0.3, -0.25) is 9.25 Å². The lowest BCUT2D eigenvalue weighted by molar-refractivity contribution is 0.532. The summed E-state index contributed by atoms with van der Waals surface area (Å²) in [5, 5.41) is 4.35. The minimum atomic E-state index is 0.328. The van der Waals surface area contributed by atoms with E-state index in [4.69, 9.17) is 5.73 Å². The van der Waals surface area contributed by atoms with Gasteiger partial charge in [-0.15, -0.1) is 0 Å². The normalized spacial score (nSPS) is 11.2. The number of hydrogen-bond acceptors (Lipinski definition) is 4. The number of aromatic nitrogens is 5. The zero-order valence-electron chi connectivity index (χ0n) is 11.4. The summed E-state index contributed by atoms with van der Waals surface area (Å²) in [5.41, 5.74) is 8.52. The second-order valence-electron chi connectivity index (χ2n) is 4.89. The van der Waals surface area contributed by atoms with Crippen LogP contribution in [-0.2, 0) is 0 Å². The Morgan fingerprint density at radius 1 is 1.15 bits per heavy atom. The lowest BCUT2D eigenvalue weighted by atomic mass is 10.2. The fourth-order valence-electron chi connectivity index (χ4n) is 2.01. The van der Waals surface area contributed by atoms with E-state index in [2.05, 4.69) is 28.9 Å². The highest BCUT2D eigenvalue weighted by atomic mass is 15.3. The summed E-state index contributed by atoms with van der Waals surface area (Å²) in [6.45, 7) is 4.19. The van der Waals surface area contributed by atoms with E-state index < -0.39 is 0 Å². The van der Waals surface area contributed by atoms with Crippen LogP contribution in [0, 0.1) is 0 Å². The number of nitrogen functional groups attached to an aromatic ring is 1. The van der Waals surface area contributed by atoms with Crippen LogP contribution in [0.15, 0.2) is 43.2 Å². The second kappa shape index (κ2) is 4.80. The molecule has 102 valence electrons. The van der Waals surface area contributed by atoms with Gasteiger partial charge in [-0.2, -0.15) is 5.10 Å². The highest BCUT2D eigenvalue weighted by molar-refractivity contribution is 5.61. The molecule has 0 fully saturated rings. The van der Waals surface area contributed by atoms with Crippen LogP contribution in [0.3, 0.4) is 0 Å². The smallest absolute Gasteiger partial charge is 0.123 e. The van der Waals surface area contributed by atoms with E-state index in [1.54, 1.807) is 24.8 Å². The summed E-state index contributed by atoms with van der Waals surface area (Å²) in [6.07, 6.45) is 9.15. The van der Waals surface area contributed by atoms with E-state index in [1.807, 2.05) is 27.7 Å². The first-order chi connectivity index (χ1) is 9.65. The molecule has 3 aromatic rings. The van der Waals surface area contributed by atoms with Crippen LogP contribution in [-0.4, -0.2) is 24.3 Å². The van der Waals surface area contributed by atoms with Gasteiger partial charge in [0.25, 0.3) is 0 Å². The fraction of sp³-hybridized carbons (Fsp3) is 0.214. The summed E-state index contributed by atoms with van der Waals surface area (Å²) in [5.74, 6) is 0.507. The summed E-state index contributed by atoms with van der Waals surface area (Å²) in [7, 11) is 0. The van der Waals surface area contributed by atoms with Crippen molar-refractivity contribution in [1.82, 2.24) is 24.3 Å². The molecular formula is C14H16N6. The van der Waals surface area contributed by atoms with Crippen molar-refractivity contribution in [2.24, 2.45) is 0 Å². The SMILES string of the molecule is CC(C)n1cc(-n2cncc2-c2ccc(N)nc2)cn1. The predicted octanol–water partition coefficient (Wildman–Crippen LogP) is 2.29. The summed E-state index contributed by atoms with van der Waals surface area (Å²) in [4.78, 5) is 8.34. The first-order valence-electron chi connectivity index (χ1n) is 6.44. The molecule has 0 aliphatic carbocycles. The Balaban J connectivity index is 2.03. The third-order valence-corrected chi connectivity index (χ3v) is 3.12. The van der Waals surface area contributed by atoms with Crippen molar-refractivity contribution in [3.63, 3.8) is 0 Å². The zero-order valence-corrected chi connectivity index (χ0v) is 11.4. The molecule has 0 aliphatic rings. The van der Waals surface area contributed by atoms with Crippen LogP contribution in [0.1, 0.15) is 19.9 Å². The Morgan fingerprint density at radius 2 is 2.00 bits per heavy atom. The van der Waals surface area contributed by atoms with Gasteiger partial charge in [0.2, 0.25) is 0 Å². The third kappa shape index (κ3) is 2.16. The lowest BCUT2D eigenvalue weighted by Crippen LogP contribution is -2.00. The lowest BCUT2D eigenvalue weighted by Gasteiger charge is -2.06. The Labute approximate surface area is 116 Å². The minimum Gasteiger partial charge on any atom is -0.384 e. The third-order valence-electron chi connectivity index (χ3n) is 3.12. The number of rotatable bonds is 3. The molecule has 20 heavy (non-hydrogen) atoms. The van der Waals surface area contributed by atoms with Crippen molar-refractivity contribution in [2.75, 3.05) is 5.73 Å². The average Bonchev–Trinajstić information content (AvgIpc) is 3.08. The molecule has 0 aromatic carbocycles. The highest BCUT2D eigenvalue weighted by Crippen LogP contribution is 2.22. The Morgan fingerprint density at radius 3 is 2.65 bits per heavy atom. The quantitative estimate of drug-likeness (QED) is 0.791. The van der Waals surface area contributed by atoms with Gasteiger partial charge in [0.05, 0.1) is 30.1 Å². The van der Waals surface area contributed by atoms with E-state index in [9.17, 15) is 0 Å². The van der Waals surface area contributed by atoms with E-state index in [0.717, 1.165) is 16.9 Å². The fourth-order valence-corrected chi connectivity index (χ4v) is 2.01. The number of nitrogens with two attached hydrogens (primary N) is 1. The number of imidazole rings is 1. The largest absolute Gasteiger partial charge is 0.384 e. The van der Waals surface area contributed by atoms with Crippen LogP contribution in [0.4, 0.5) is 5.82 Å². The van der Waals surface area contributed by atoms with Gasteiger partial charge < -0.3 is 5.73 Å². The van der Waals surface area contributed by atoms with Gasteiger partial charge >= 0.3 is 0 Å². The standard InChI is InChI=1S/C14H16N6/c1-10(2)20-8-12(6-18-20)19-9-16-7-13(19)11-3-4-14(15)17-5-11/h3-10H,1-2H3,(H2,15,17). The van der Waals surface area contributed by atoms with Crippen LogP contribution in [0.5, 0.6) is 0 Å². The van der Waals surface area contributed by atoms with E-state index in [1.165, 1.54) is 0 Å². The topological polar surface area (TPSA) is 74.5 Å². The summed E-state index contributed by atoms with van der Waals surface area (Å²) >= 11 is 0. The number of nitrogens with zero attached hydrogens (tertiary/aromatic N) is 5. The van der Waals surface area contributed by atoms with Crippen molar-refractivity contribution in [2.45, 2.75) is 19.9 Å². The van der Waals surface area contributed by atoms with Gasteiger partial charge in [-0.1, -0.05) is 0 Å². The van der Waals surface area contributed by atoms with Crippen LogP contribution >= 0.6 is 0 Å². The monoisotopic (exact) mass is 268 g/mol. The maximum Gasteiger partial charge on any atom is 0.123 e. The van der Waals surface area contributed by atoms with Gasteiger partial charge in [-0.05, 0) is 26.0 Å². The molecule has 0 saturated heterocycles. The number of anilines is 1. The first-order valence-corrected chi connectivity index (χ1v) is 6.44. The average molecular weight is 268 g/mol. The molecule has 3 rings (SSSR count). The molecule has 0 atom stereocenters. The molecular weight excluding hydrogens is 252 g/mol. The van der Waals surface area contributed by atoms with Crippen molar-refractivity contribution >= 4 is 5.82 Å². The Hall–Kier alpha value is -2.63. The molecule has 0 amide bonds. The number of pyridine rings is 1. The van der Waals surface area contributed by atoms with Crippen LogP contribution < -0.4 is 5.73 Å². The number of hydrogen-bond donors (Lipinski definition) is 1. The van der Waals surface area contributed by atoms with Crippen molar-refractivity contribution < 1.29 is 0 Å². The van der Waals surface area contributed by atoms with E-state index in [-0.39, 0.29) is 0 Å². The molecule has 3 aromatic heterocycles. The highest BCUT2D eigenvalue weighted by Gasteiger charge is 2.10. The van der Waals surface area contributed by atoms with Gasteiger partial charge in [0.15, 0.2) is 0 Å².